The molecule has 0 N–H and O–H groups in total. The first kappa shape index (κ1) is 3.97. The van der Waals surface area contributed by atoms with Crippen LogP contribution in [-0.2, 0) is 12.8 Å². The second kappa shape index (κ2) is 2.30. The summed E-state index contributed by atoms with van der Waals surface area (Å²) in [6.45, 7) is 0. The maximum atomic E-state index is 7.67. The van der Waals surface area contributed by atoms with Gasteiger partial charge in [-0.1, -0.05) is 36.4 Å². The van der Waals surface area contributed by atoms with Crippen molar-refractivity contribution in [1.82, 2.24) is 0 Å². The van der Waals surface area contributed by atoms with Gasteiger partial charge in [0.25, 0.3) is 0 Å². The Hall–Kier alpha value is -1.04. The van der Waals surface area contributed by atoms with Crippen molar-refractivity contribution in [2.45, 2.75) is 12.8 Å². The van der Waals surface area contributed by atoms with E-state index in [4.69, 9.17) is 2.74 Å². The number of fused-ring (bicyclic) bond motifs is 1. The van der Waals surface area contributed by atoms with Crippen molar-refractivity contribution in [2.75, 3.05) is 0 Å². The highest BCUT2D eigenvalue weighted by molar-refractivity contribution is 5.33. The van der Waals surface area contributed by atoms with E-state index in [1.54, 1.807) is 12.2 Å². The second-order valence-electron chi connectivity index (χ2n) is 2.35. The van der Waals surface area contributed by atoms with Gasteiger partial charge in [-0.25, -0.2) is 0 Å². The molecule has 0 radical (unpaired) electrons. The smallest absolute Gasteiger partial charge is 0.0359 e. The maximum Gasteiger partial charge on any atom is 0.0359 e. The first-order valence-corrected chi connectivity index (χ1v) is 3.40. The van der Waals surface area contributed by atoms with Gasteiger partial charge in [0, 0.05) is 2.74 Å². The molecule has 0 amide bonds. The second-order valence-corrected chi connectivity index (χ2v) is 2.35. The quantitative estimate of drug-likeness (QED) is 0.475. The molecule has 0 aromatic heterocycles. The van der Waals surface area contributed by atoms with E-state index in [1.165, 1.54) is 0 Å². The van der Waals surface area contributed by atoms with E-state index in [0.717, 1.165) is 11.1 Å². The molecule has 0 unspecified atom stereocenters. The Labute approximate surface area is 64.0 Å². The van der Waals surface area contributed by atoms with Crippen LogP contribution in [0, 0.1) is 0 Å². The number of rotatable bonds is 0. The summed E-state index contributed by atoms with van der Waals surface area (Å²) in [5, 5.41) is 0. The fourth-order valence-electron chi connectivity index (χ4n) is 1.13. The molecule has 1 aliphatic rings. The van der Waals surface area contributed by atoms with Crippen LogP contribution in [0.15, 0.2) is 36.4 Å². The van der Waals surface area contributed by atoms with Crippen LogP contribution >= 0.6 is 0 Å². The molecule has 0 saturated carbocycles. The molecule has 0 bridgehead atoms. The lowest BCUT2D eigenvalue weighted by Crippen LogP contribution is -1.95. The van der Waals surface area contributed by atoms with Gasteiger partial charge in [0.1, 0.15) is 0 Å². The van der Waals surface area contributed by atoms with Crippen LogP contribution < -0.4 is 0 Å². The van der Waals surface area contributed by atoms with Crippen LogP contribution in [-0.4, -0.2) is 0 Å². The lowest BCUT2D eigenvalue weighted by atomic mass is 9.97. The summed E-state index contributed by atoms with van der Waals surface area (Å²) in [7, 11) is 0. The Morgan fingerprint density at radius 1 is 1.00 bits per heavy atom. The van der Waals surface area contributed by atoms with Crippen molar-refractivity contribution in [3.05, 3.63) is 47.5 Å². The topological polar surface area (TPSA) is 0 Å². The van der Waals surface area contributed by atoms with Gasteiger partial charge in [0.2, 0.25) is 0 Å². The van der Waals surface area contributed by atoms with E-state index in [-0.39, 0.29) is 12.8 Å². The van der Waals surface area contributed by atoms with E-state index in [9.17, 15) is 0 Å². The fraction of sp³-hybridized carbons (Fsp3) is 0.200. The predicted molar refractivity (Wildman–Crippen MR) is 43.0 cm³/mol. The minimum absolute atomic E-state index is 0.275. The summed E-state index contributed by atoms with van der Waals surface area (Å²) in [6, 6.07) is 7.70. The van der Waals surface area contributed by atoms with E-state index in [2.05, 4.69) is 0 Å². The van der Waals surface area contributed by atoms with Gasteiger partial charge in [-0.3, -0.25) is 0 Å². The summed E-state index contributed by atoms with van der Waals surface area (Å²) in [6.07, 6.45) is 3.01. The summed E-state index contributed by atoms with van der Waals surface area (Å²) < 4.78 is 15.3. The largest absolute Gasteiger partial charge is 0.0838 e. The van der Waals surface area contributed by atoms with Crippen LogP contribution in [0.4, 0.5) is 0 Å². The van der Waals surface area contributed by atoms with Gasteiger partial charge in [-0.15, -0.1) is 0 Å². The van der Waals surface area contributed by atoms with Gasteiger partial charge >= 0.3 is 0 Å². The Bertz CT molecular complexity index is 286. The summed E-state index contributed by atoms with van der Waals surface area (Å²) >= 11 is 0. The predicted octanol–water partition coefficient (Wildman–Crippen LogP) is 2.34. The Morgan fingerprint density at radius 3 is 2.00 bits per heavy atom. The van der Waals surface area contributed by atoms with Gasteiger partial charge in [-0.2, -0.15) is 0 Å². The molecule has 0 nitrogen and oxygen atoms in total. The van der Waals surface area contributed by atoms with Crippen LogP contribution in [0.3, 0.4) is 0 Å². The molecule has 2 rings (SSSR count). The summed E-state index contributed by atoms with van der Waals surface area (Å²) in [5.74, 6) is 0. The third-order valence-electron chi connectivity index (χ3n) is 1.66. The molecule has 10 heavy (non-hydrogen) atoms. The van der Waals surface area contributed by atoms with Gasteiger partial charge in [-0.05, 0) is 23.9 Å². The monoisotopic (exact) mass is 132 g/mol. The number of hydrogen-bond acceptors (Lipinski definition) is 0. The molecule has 2 atom stereocenters. The Kier molecular flexibility index (Phi) is 0.911. The Morgan fingerprint density at radius 2 is 1.50 bits per heavy atom. The molecule has 0 spiro atoms. The minimum atomic E-state index is -0.275. The molecular weight excluding hydrogens is 120 g/mol. The van der Waals surface area contributed by atoms with E-state index in [0.29, 0.717) is 0 Å². The fourth-order valence-corrected chi connectivity index (χ4v) is 1.13. The van der Waals surface area contributed by atoms with Crippen LogP contribution in [0.5, 0.6) is 0 Å². The van der Waals surface area contributed by atoms with Crippen LogP contribution in [0.1, 0.15) is 13.9 Å². The van der Waals surface area contributed by atoms with Crippen LogP contribution in [0.25, 0.3) is 0 Å². The molecule has 0 aliphatic heterocycles. The molecule has 1 aliphatic carbocycles. The van der Waals surface area contributed by atoms with Crippen molar-refractivity contribution < 1.29 is 2.74 Å². The van der Waals surface area contributed by atoms with Gasteiger partial charge < -0.3 is 0 Å². The van der Waals surface area contributed by atoms with Gasteiger partial charge in [0.05, 0.1) is 0 Å². The maximum absolute atomic E-state index is 7.67. The number of benzene rings is 1. The highest BCUT2D eigenvalue weighted by Gasteiger charge is 2.00. The summed E-state index contributed by atoms with van der Waals surface area (Å²) in [5.41, 5.74) is 1.94. The standard InChI is InChI=1S/C10H10/c1-2-6-10-8-4-3-7-9(10)5-1/h1-6H,7-8H2/i7D,8D/t7-,8+. The molecular formula is C10H10. The van der Waals surface area contributed by atoms with Crippen molar-refractivity contribution in [1.29, 1.82) is 0 Å². The molecule has 1 aromatic rings. The third kappa shape index (κ3) is 0.860. The molecule has 0 saturated heterocycles. The molecule has 0 heteroatoms. The Balaban J connectivity index is 2.54. The molecule has 0 heterocycles. The zero-order chi connectivity index (χ0) is 8.55. The number of allylic oxidation sites excluding steroid dienone is 2. The zero-order valence-electron chi connectivity index (χ0n) is 7.62. The SMILES string of the molecule is [2H][C@@H]1C=C[C@H]([2H])c2ccccc21. The molecule has 0 fully saturated rings. The first-order valence-electron chi connectivity index (χ1n) is 4.56. The first-order chi connectivity index (χ1) is 5.79. The zero-order valence-corrected chi connectivity index (χ0v) is 5.62. The van der Waals surface area contributed by atoms with Crippen molar-refractivity contribution >= 4 is 0 Å². The van der Waals surface area contributed by atoms with Crippen molar-refractivity contribution in [3.63, 3.8) is 0 Å². The normalized spacial score (nSPS) is 32.4. The average molecular weight is 132 g/mol. The number of hydrogen-bond donors (Lipinski definition) is 0. The highest BCUT2D eigenvalue weighted by atomic mass is 14.1. The summed E-state index contributed by atoms with van der Waals surface area (Å²) in [4.78, 5) is 0. The lowest BCUT2D eigenvalue weighted by Gasteiger charge is -2.08. The van der Waals surface area contributed by atoms with Crippen molar-refractivity contribution in [3.8, 4) is 0 Å². The van der Waals surface area contributed by atoms with E-state index in [1.807, 2.05) is 24.3 Å². The average Bonchev–Trinajstić information content (AvgIpc) is 2.12. The van der Waals surface area contributed by atoms with E-state index >= 15 is 0 Å². The van der Waals surface area contributed by atoms with E-state index < -0.39 is 0 Å². The highest BCUT2D eigenvalue weighted by Crippen LogP contribution is 2.14. The lowest BCUT2D eigenvalue weighted by molar-refractivity contribution is 1.09. The minimum Gasteiger partial charge on any atom is -0.0838 e. The van der Waals surface area contributed by atoms with Crippen LogP contribution in [0.2, 0.25) is 0 Å². The third-order valence-corrected chi connectivity index (χ3v) is 1.66. The van der Waals surface area contributed by atoms with Crippen molar-refractivity contribution in [2.24, 2.45) is 0 Å². The molecule has 1 aromatic carbocycles. The molecule has 50 valence electrons. The van der Waals surface area contributed by atoms with Gasteiger partial charge in [0.15, 0.2) is 0 Å².